The molecule has 0 unspecified atom stereocenters. The van der Waals surface area contributed by atoms with Gasteiger partial charge in [0.05, 0.1) is 17.9 Å². The van der Waals surface area contributed by atoms with Gasteiger partial charge in [-0.05, 0) is 30.3 Å². The highest BCUT2D eigenvalue weighted by molar-refractivity contribution is 7.14. The van der Waals surface area contributed by atoms with Crippen LogP contribution in [0.4, 0.5) is 8.78 Å². The first kappa shape index (κ1) is 18.4. The molecule has 1 aliphatic rings. The fourth-order valence-corrected chi connectivity index (χ4v) is 4.31. The second kappa shape index (κ2) is 6.99. The number of nitrogens with zero attached hydrogens (tertiary/aromatic N) is 4. The van der Waals surface area contributed by atoms with Crippen LogP contribution in [-0.4, -0.2) is 32.3 Å². The minimum Gasteiger partial charge on any atom is -0.492 e. The van der Waals surface area contributed by atoms with Gasteiger partial charge in [-0.25, -0.2) is 18.7 Å². The van der Waals surface area contributed by atoms with Crippen molar-refractivity contribution in [2.75, 3.05) is 6.61 Å². The summed E-state index contributed by atoms with van der Waals surface area (Å²) in [6.45, 7) is 0.403. The van der Waals surface area contributed by atoms with E-state index in [0.29, 0.717) is 35.2 Å². The standard InChI is InChI=1S/C20H13F2N5O2S/c21-11-2-4-12(14(22)8-11)19-24-9-25-27(19)20-26-17-13-3-1-10(18(23)28)7-15(13)29-6-5-16(17)30-20/h1-4,7-9H,5-6H2,(H2,23,28). The van der Waals surface area contributed by atoms with Crippen molar-refractivity contribution in [1.29, 1.82) is 0 Å². The molecule has 3 heterocycles. The fraction of sp³-hybridized carbons (Fsp3) is 0.100. The van der Waals surface area contributed by atoms with Gasteiger partial charge in [0.15, 0.2) is 5.82 Å². The molecule has 4 aromatic rings. The number of aromatic nitrogens is 4. The highest BCUT2D eigenvalue weighted by atomic mass is 32.1. The van der Waals surface area contributed by atoms with Gasteiger partial charge in [0.1, 0.15) is 23.7 Å². The van der Waals surface area contributed by atoms with Crippen LogP contribution in [0.1, 0.15) is 15.2 Å². The first-order valence-electron chi connectivity index (χ1n) is 8.94. The lowest BCUT2D eigenvalue weighted by atomic mass is 10.1. The van der Waals surface area contributed by atoms with Crippen LogP contribution in [0.3, 0.4) is 0 Å². The molecule has 0 atom stereocenters. The predicted octanol–water partition coefficient (Wildman–Crippen LogP) is 3.37. The number of halogens is 2. The molecule has 2 aromatic heterocycles. The summed E-state index contributed by atoms with van der Waals surface area (Å²) in [6, 6.07) is 8.24. The zero-order valence-electron chi connectivity index (χ0n) is 15.3. The number of fused-ring (bicyclic) bond motifs is 3. The van der Waals surface area contributed by atoms with Gasteiger partial charge in [-0.2, -0.15) is 9.78 Å². The smallest absolute Gasteiger partial charge is 0.248 e. The van der Waals surface area contributed by atoms with Gasteiger partial charge in [0.2, 0.25) is 11.0 Å². The number of thiazole rings is 1. The molecule has 5 rings (SSSR count). The van der Waals surface area contributed by atoms with Crippen molar-refractivity contribution in [3.05, 3.63) is 64.8 Å². The second-order valence-electron chi connectivity index (χ2n) is 6.56. The zero-order chi connectivity index (χ0) is 20.8. The minimum atomic E-state index is -0.736. The molecule has 7 nitrogen and oxygen atoms in total. The van der Waals surface area contributed by atoms with E-state index in [4.69, 9.17) is 10.5 Å². The molecule has 10 heteroatoms. The monoisotopic (exact) mass is 425 g/mol. The van der Waals surface area contributed by atoms with Crippen molar-refractivity contribution < 1.29 is 18.3 Å². The maximum Gasteiger partial charge on any atom is 0.248 e. The second-order valence-corrected chi connectivity index (χ2v) is 7.62. The van der Waals surface area contributed by atoms with Gasteiger partial charge in [-0.1, -0.05) is 11.3 Å². The van der Waals surface area contributed by atoms with E-state index in [1.54, 1.807) is 18.2 Å². The molecule has 0 aliphatic carbocycles. The molecule has 0 saturated heterocycles. The van der Waals surface area contributed by atoms with Gasteiger partial charge in [0.25, 0.3) is 0 Å². The Morgan fingerprint density at radius 2 is 2.00 bits per heavy atom. The summed E-state index contributed by atoms with van der Waals surface area (Å²) >= 11 is 1.38. The van der Waals surface area contributed by atoms with Gasteiger partial charge >= 0.3 is 0 Å². The third-order valence-corrected chi connectivity index (χ3v) is 5.79. The van der Waals surface area contributed by atoms with E-state index in [-0.39, 0.29) is 11.4 Å². The van der Waals surface area contributed by atoms with E-state index in [0.717, 1.165) is 16.5 Å². The highest BCUT2D eigenvalue weighted by Gasteiger charge is 2.24. The Kier molecular flexibility index (Phi) is 4.28. The molecule has 150 valence electrons. The van der Waals surface area contributed by atoms with E-state index in [9.17, 15) is 13.6 Å². The molecule has 2 N–H and O–H groups in total. The molecule has 0 spiro atoms. The van der Waals surface area contributed by atoms with Gasteiger partial charge in [-0.15, -0.1) is 0 Å². The zero-order valence-corrected chi connectivity index (χ0v) is 16.1. The van der Waals surface area contributed by atoms with E-state index >= 15 is 0 Å². The van der Waals surface area contributed by atoms with Crippen LogP contribution >= 0.6 is 11.3 Å². The fourth-order valence-electron chi connectivity index (χ4n) is 3.29. The molecule has 1 amide bonds. The Morgan fingerprint density at radius 1 is 1.17 bits per heavy atom. The average molecular weight is 425 g/mol. The van der Waals surface area contributed by atoms with Crippen molar-refractivity contribution >= 4 is 17.2 Å². The summed E-state index contributed by atoms with van der Waals surface area (Å²) in [5.74, 6) is -1.21. The van der Waals surface area contributed by atoms with Gasteiger partial charge < -0.3 is 10.5 Å². The van der Waals surface area contributed by atoms with Gasteiger partial charge in [-0.3, -0.25) is 4.79 Å². The number of nitrogens with two attached hydrogens (primary N) is 1. The minimum absolute atomic E-state index is 0.120. The Bertz CT molecular complexity index is 1300. The molecule has 2 aromatic carbocycles. The summed E-state index contributed by atoms with van der Waals surface area (Å²) in [7, 11) is 0. The quantitative estimate of drug-likeness (QED) is 0.543. The topological polar surface area (TPSA) is 95.9 Å². The SMILES string of the molecule is NC(=O)c1ccc2c(c1)OCCc1sc(-n3ncnc3-c3ccc(F)cc3F)nc1-2. The van der Waals surface area contributed by atoms with Crippen LogP contribution in [0.15, 0.2) is 42.7 Å². The highest BCUT2D eigenvalue weighted by Crippen LogP contribution is 2.39. The summed E-state index contributed by atoms with van der Waals surface area (Å²) in [4.78, 5) is 21.3. The maximum absolute atomic E-state index is 14.3. The summed E-state index contributed by atoms with van der Waals surface area (Å²) in [5, 5.41) is 4.68. The number of primary amides is 1. The van der Waals surface area contributed by atoms with Crippen LogP contribution in [-0.2, 0) is 6.42 Å². The third kappa shape index (κ3) is 3.01. The van der Waals surface area contributed by atoms with Crippen molar-refractivity contribution in [2.24, 2.45) is 5.73 Å². The van der Waals surface area contributed by atoms with E-state index in [1.165, 1.54) is 34.5 Å². The first-order chi connectivity index (χ1) is 14.5. The van der Waals surface area contributed by atoms with E-state index in [2.05, 4.69) is 15.1 Å². The molecule has 0 saturated carbocycles. The first-order valence-corrected chi connectivity index (χ1v) is 9.75. The molecular formula is C20H13F2N5O2S. The number of carbonyl (C=O) groups excluding carboxylic acids is 1. The molecule has 30 heavy (non-hydrogen) atoms. The molecule has 0 bridgehead atoms. The van der Waals surface area contributed by atoms with Crippen LogP contribution in [0.5, 0.6) is 5.75 Å². The summed E-state index contributed by atoms with van der Waals surface area (Å²) in [5.41, 5.74) is 7.25. The number of rotatable bonds is 3. The van der Waals surface area contributed by atoms with Crippen LogP contribution in [0.2, 0.25) is 0 Å². The van der Waals surface area contributed by atoms with Crippen LogP contribution < -0.4 is 10.5 Å². The molecule has 0 radical (unpaired) electrons. The number of hydrogen-bond donors (Lipinski definition) is 1. The van der Waals surface area contributed by atoms with Crippen molar-refractivity contribution in [2.45, 2.75) is 6.42 Å². The van der Waals surface area contributed by atoms with Crippen molar-refractivity contribution in [1.82, 2.24) is 19.7 Å². The number of carbonyl (C=O) groups is 1. The van der Waals surface area contributed by atoms with Crippen molar-refractivity contribution in [3.8, 4) is 33.5 Å². The summed E-state index contributed by atoms with van der Waals surface area (Å²) in [6.07, 6.45) is 1.89. The number of ether oxygens (including phenoxy) is 1. The summed E-state index contributed by atoms with van der Waals surface area (Å²) < 4.78 is 34.8. The molecule has 0 fully saturated rings. The Hall–Kier alpha value is -3.66. The van der Waals surface area contributed by atoms with Crippen LogP contribution in [0, 0.1) is 11.6 Å². The third-order valence-electron chi connectivity index (χ3n) is 4.69. The molecule has 1 aliphatic heterocycles. The largest absolute Gasteiger partial charge is 0.492 e. The molecular weight excluding hydrogens is 412 g/mol. The Labute approximate surface area is 172 Å². The maximum atomic E-state index is 14.3. The van der Waals surface area contributed by atoms with Gasteiger partial charge in [0, 0.05) is 28.5 Å². The Morgan fingerprint density at radius 3 is 2.80 bits per heavy atom. The lowest BCUT2D eigenvalue weighted by Gasteiger charge is -2.08. The number of amides is 1. The van der Waals surface area contributed by atoms with E-state index in [1.807, 2.05) is 0 Å². The average Bonchev–Trinajstić information content (AvgIpc) is 3.32. The number of benzene rings is 2. The lowest BCUT2D eigenvalue weighted by Crippen LogP contribution is -2.11. The van der Waals surface area contributed by atoms with Crippen molar-refractivity contribution in [3.63, 3.8) is 0 Å². The predicted molar refractivity (Wildman–Crippen MR) is 106 cm³/mol. The normalized spacial score (nSPS) is 12.6. The van der Waals surface area contributed by atoms with Crippen LogP contribution in [0.25, 0.3) is 27.8 Å². The lowest BCUT2D eigenvalue weighted by molar-refractivity contribution is 0.1000. The van der Waals surface area contributed by atoms with E-state index < -0.39 is 17.5 Å². The number of hydrogen-bond acceptors (Lipinski definition) is 6. The Balaban J connectivity index is 1.62.